The van der Waals surface area contributed by atoms with Crippen LogP contribution in [0.1, 0.15) is 42.1 Å². The fourth-order valence-corrected chi connectivity index (χ4v) is 5.25. The van der Waals surface area contributed by atoms with E-state index in [0.717, 1.165) is 0 Å². The molecule has 3 amide bonds. The highest BCUT2D eigenvalue weighted by Crippen LogP contribution is 2.37. The smallest absolute Gasteiger partial charge is 0.278 e. The summed E-state index contributed by atoms with van der Waals surface area (Å²) >= 11 is 7.34. The lowest BCUT2D eigenvalue weighted by molar-refractivity contribution is -0.137. The standard InChI is InChI=1S/C30H30ClN3O4S/c1-19(2)20-12-14-21(15-13-20)32-26-27(30(37)34(29(26)36)16-7-17-38-3)39-23-9-6-8-22(18-23)33-28(35)24-10-4-5-11-25(24)31/h4-6,8-15,18-19,32H,7,16-17H2,1-3H3,(H,33,35). The number of methoxy groups -OCH3 is 1. The van der Waals surface area contributed by atoms with Crippen LogP contribution < -0.4 is 10.6 Å². The summed E-state index contributed by atoms with van der Waals surface area (Å²) in [6.07, 6.45) is 0.534. The number of carbonyl (C=O) groups excluding carboxylic acids is 3. The van der Waals surface area contributed by atoms with Gasteiger partial charge in [0.1, 0.15) is 10.6 Å². The number of imide groups is 1. The maximum Gasteiger partial charge on any atom is 0.278 e. The summed E-state index contributed by atoms with van der Waals surface area (Å²) in [4.78, 5) is 41.7. The number of nitrogens with one attached hydrogen (secondary N) is 2. The Labute approximate surface area is 237 Å². The molecule has 202 valence electrons. The predicted octanol–water partition coefficient (Wildman–Crippen LogP) is 6.54. The van der Waals surface area contributed by atoms with Crippen LogP contribution in [0.15, 0.2) is 88.3 Å². The van der Waals surface area contributed by atoms with E-state index in [-0.39, 0.29) is 30.0 Å². The van der Waals surface area contributed by atoms with Gasteiger partial charge in [0.15, 0.2) is 0 Å². The van der Waals surface area contributed by atoms with E-state index in [9.17, 15) is 14.4 Å². The molecule has 0 radical (unpaired) electrons. The van der Waals surface area contributed by atoms with Crippen molar-refractivity contribution in [1.82, 2.24) is 4.90 Å². The van der Waals surface area contributed by atoms with Crippen LogP contribution in [0.25, 0.3) is 0 Å². The number of nitrogens with zero attached hydrogens (tertiary/aromatic N) is 1. The number of hydrogen-bond acceptors (Lipinski definition) is 6. The molecule has 3 aromatic rings. The minimum Gasteiger partial charge on any atom is -0.385 e. The van der Waals surface area contributed by atoms with E-state index >= 15 is 0 Å². The van der Waals surface area contributed by atoms with E-state index in [1.807, 2.05) is 30.3 Å². The molecule has 3 aromatic carbocycles. The van der Waals surface area contributed by atoms with Crippen molar-refractivity contribution in [3.8, 4) is 0 Å². The first-order valence-corrected chi connectivity index (χ1v) is 13.8. The summed E-state index contributed by atoms with van der Waals surface area (Å²) < 4.78 is 5.11. The Bertz CT molecular complexity index is 1410. The fourth-order valence-electron chi connectivity index (χ4n) is 4.02. The highest BCUT2D eigenvalue weighted by molar-refractivity contribution is 8.04. The lowest BCUT2D eigenvalue weighted by atomic mass is 10.0. The number of carbonyl (C=O) groups is 3. The van der Waals surface area contributed by atoms with Gasteiger partial charge in [0.2, 0.25) is 0 Å². The number of benzene rings is 3. The first kappa shape index (κ1) is 28.4. The third-order valence-corrected chi connectivity index (χ3v) is 7.53. The van der Waals surface area contributed by atoms with Gasteiger partial charge in [0, 0.05) is 36.5 Å². The maximum atomic E-state index is 13.4. The van der Waals surface area contributed by atoms with E-state index in [2.05, 4.69) is 24.5 Å². The van der Waals surface area contributed by atoms with Gasteiger partial charge in [0.05, 0.1) is 10.6 Å². The van der Waals surface area contributed by atoms with Gasteiger partial charge in [-0.2, -0.15) is 0 Å². The van der Waals surface area contributed by atoms with Gasteiger partial charge in [-0.25, -0.2) is 0 Å². The van der Waals surface area contributed by atoms with Crippen LogP contribution in [0.4, 0.5) is 11.4 Å². The molecule has 7 nitrogen and oxygen atoms in total. The molecule has 0 spiro atoms. The lowest BCUT2D eigenvalue weighted by Gasteiger charge is -2.15. The third-order valence-electron chi connectivity index (χ3n) is 6.13. The summed E-state index contributed by atoms with van der Waals surface area (Å²) in [7, 11) is 1.58. The second-order valence-electron chi connectivity index (χ2n) is 9.28. The molecular formula is C30H30ClN3O4S. The first-order chi connectivity index (χ1) is 18.8. The number of halogens is 1. The minimum absolute atomic E-state index is 0.227. The largest absolute Gasteiger partial charge is 0.385 e. The van der Waals surface area contributed by atoms with Crippen molar-refractivity contribution < 1.29 is 19.1 Å². The van der Waals surface area contributed by atoms with Crippen LogP contribution in [-0.2, 0) is 14.3 Å². The minimum atomic E-state index is -0.380. The molecule has 1 aliphatic heterocycles. The second-order valence-corrected chi connectivity index (χ2v) is 10.8. The van der Waals surface area contributed by atoms with E-state index in [4.69, 9.17) is 16.3 Å². The van der Waals surface area contributed by atoms with E-state index in [1.54, 1.807) is 49.6 Å². The van der Waals surface area contributed by atoms with Crippen molar-refractivity contribution in [3.05, 3.63) is 99.5 Å². The van der Waals surface area contributed by atoms with Gasteiger partial charge in [-0.3, -0.25) is 19.3 Å². The molecule has 1 aliphatic rings. The summed E-state index contributed by atoms with van der Waals surface area (Å²) in [6, 6.07) is 21.7. The monoisotopic (exact) mass is 563 g/mol. The van der Waals surface area contributed by atoms with Crippen molar-refractivity contribution >= 4 is 52.5 Å². The number of rotatable bonds is 11. The van der Waals surface area contributed by atoms with E-state index in [0.29, 0.717) is 50.7 Å². The average molecular weight is 564 g/mol. The van der Waals surface area contributed by atoms with E-state index < -0.39 is 0 Å². The number of hydrogen-bond donors (Lipinski definition) is 2. The van der Waals surface area contributed by atoms with Gasteiger partial charge in [0.25, 0.3) is 17.7 Å². The van der Waals surface area contributed by atoms with Gasteiger partial charge in [-0.15, -0.1) is 0 Å². The molecule has 39 heavy (non-hydrogen) atoms. The van der Waals surface area contributed by atoms with Crippen LogP contribution >= 0.6 is 23.4 Å². The second kappa shape index (κ2) is 13.0. The highest BCUT2D eigenvalue weighted by atomic mass is 35.5. The Kier molecular flexibility index (Phi) is 9.45. The summed E-state index contributed by atoms with van der Waals surface area (Å²) in [5.74, 6) is -0.714. The summed E-state index contributed by atoms with van der Waals surface area (Å²) in [5, 5.41) is 6.39. The topological polar surface area (TPSA) is 87.7 Å². The molecule has 0 fully saturated rings. The first-order valence-electron chi connectivity index (χ1n) is 12.6. The molecule has 9 heteroatoms. The number of anilines is 2. The van der Waals surface area contributed by atoms with Gasteiger partial charge >= 0.3 is 0 Å². The Morgan fingerprint density at radius 2 is 1.72 bits per heavy atom. The summed E-state index contributed by atoms with van der Waals surface area (Å²) in [6.45, 7) is 4.91. The molecule has 0 bridgehead atoms. The van der Waals surface area contributed by atoms with Crippen molar-refractivity contribution in [2.45, 2.75) is 31.1 Å². The molecule has 2 N–H and O–H groups in total. The maximum absolute atomic E-state index is 13.4. The SMILES string of the molecule is COCCCN1C(=O)C(Nc2ccc(C(C)C)cc2)=C(Sc2cccc(NC(=O)c3ccccc3Cl)c2)C1=O. The lowest BCUT2D eigenvalue weighted by Crippen LogP contribution is -2.33. The van der Waals surface area contributed by atoms with Crippen LogP contribution in [0.3, 0.4) is 0 Å². The predicted molar refractivity (Wildman–Crippen MR) is 156 cm³/mol. The zero-order valence-electron chi connectivity index (χ0n) is 22.0. The van der Waals surface area contributed by atoms with Crippen molar-refractivity contribution in [1.29, 1.82) is 0 Å². The number of amides is 3. The van der Waals surface area contributed by atoms with Gasteiger partial charge < -0.3 is 15.4 Å². The van der Waals surface area contributed by atoms with E-state index in [1.165, 1.54) is 22.2 Å². The molecule has 4 rings (SSSR count). The third kappa shape index (κ3) is 6.89. The zero-order valence-corrected chi connectivity index (χ0v) is 23.6. The summed E-state index contributed by atoms with van der Waals surface area (Å²) in [5.41, 5.74) is 3.02. The van der Waals surface area contributed by atoms with Crippen molar-refractivity contribution in [2.75, 3.05) is 30.9 Å². The zero-order chi connectivity index (χ0) is 27.9. The Morgan fingerprint density at radius 3 is 2.41 bits per heavy atom. The van der Waals surface area contributed by atoms with Gasteiger partial charge in [-0.05, 0) is 60.4 Å². The molecular weight excluding hydrogens is 534 g/mol. The van der Waals surface area contributed by atoms with Crippen LogP contribution in [-0.4, -0.2) is 42.9 Å². The molecule has 0 saturated heterocycles. The van der Waals surface area contributed by atoms with Crippen LogP contribution in [0.2, 0.25) is 5.02 Å². The number of thioether (sulfide) groups is 1. The van der Waals surface area contributed by atoms with Crippen LogP contribution in [0.5, 0.6) is 0 Å². The Balaban J connectivity index is 1.59. The normalized spacial score (nSPS) is 13.4. The fraction of sp³-hybridized carbons (Fsp3) is 0.233. The van der Waals surface area contributed by atoms with Crippen molar-refractivity contribution in [2.24, 2.45) is 0 Å². The Morgan fingerprint density at radius 1 is 0.974 bits per heavy atom. The molecule has 0 saturated carbocycles. The quantitative estimate of drug-likeness (QED) is 0.203. The Hall–Kier alpha value is -3.59. The molecule has 0 aliphatic carbocycles. The van der Waals surface area contributed by atoms with Crippen molar-refractivity contribution in [3.63, 3.8) is 0 Å². The molecule has 1 heterocycles. The highest BCUT2D eigenvalue weighted by Gasteiger charge is 2.38. The van der Waals surface area contributed by atoms with Crippen LogP contribution in [0, 0.1) is 0 Å². The van der Waals surface area contributed by atoms with Gasteiger partial charge in [-0.1, -0.05) is 67.5 Å². The molecule has 0 atom stereocenters. The number of ether oxygens (including phenoxy) is 1. The average Bonchev–Trinajstić information content (AvgIpc) is 3.13. The molecule has 0 unspecified atom stereocenters. The molecule has 0 aromatic heterocycles.